The van der Waals surface area contributed by atoms with Crippen molar-refractivity contribution in [3.63, 3.8) is 0 Å². The van der Waals surface area contributed by atoms with Gasteiger partial charge >= 0.3 is 0 Å². The summed E-state index contributed by atoms with van der Waals surface area (Å²) >= 11 is 2.00. The second-order valence-corrected chi connectivity index (χ2v) is 6.25. The molecule has 2 rings (SSSR count). The largest absolute Gasteiger partial charge is 0.504 e. The van der Waals surface area contributed by atoms with Gasteiger partial charge in [0, 0.05) is 0 Å². The predicted octanol–water partition coefficient (Wildman–Crippen LogP) is 2.00. The van der Waals surface area contributed by atoms with Crippen LogP contribution in [0.2, 0.25) is 0 Å². The molecule has 0 bridgehead atoms. The number of amides is 1. The smallest absolute Gasteiger partial charge is 0.245 e. The minimum Gasteiger partial charge on any atom is -0.504 e. The number of phenols is 1. The van der Waals surface area contributed by atoms with E-state index in [-0.39, 0.29) is 18.1 Å². The normalized spacial score (nSPS) is 16.7. The molecule has 1 amide bonds. The van der Waals surface area contributed by atoms with Crippen LogP contribution in [0.5, 0.6) is 11.5 Å². The van der Waals surface area contributed by atoms with E-state index in [1.54, 1.807) is 19.1 Å². The first kappa shape index (κ1) is 18.0. The van der Waals surface area contributed by atoms with Gasteiger partial charge in [0.15, 0.2) is 17.3 Å². The topological polar surface area (TPSA) is 89.4 Å². The molecule has 1 saturated heterocycles. The Hall–Kier alpha value is -1.39. The molecule has 0 unspecified atom stereocenters. The summed E-state index contributed by atoms with van der Waals surface area (Å²) in [6.45, 7) is 4.97. The second-order valence-electron chi connectivity index (χ2n) is 5.08. The zero-order chi connectivity index (χ0) is 16.9. The Balaban J connectivity index is 1.96. The zero-order valence-electron chi connectivity index (χ0n) is 13.0. The SMILES string of the molecule is CCOc1cc(/C=N\NC(=O)CC2(C)OCCO2)cc(I)c1O. The average molecular weight is 434 g/mol. The maximum absolute atomic E-state index is 11.8. The third-order valence-corrected chi connectivity index (χ3v) is 3.96. The lowest BCUT2D eigenvalue weighted by Crippen LogP contribution is -2.33. The number of hydrazone groups is 1. The van der Waals surface area contributed by atoms with Crippen LogP contribution in [0.3, 0.4) is 0 Å². The highest BCUT2D eigenvalue weighted by Crippen LogP contribution is 2.32. The Morgan fingerprint density at radius 2 is 2.22 bits per heavy atom. The van der Waals surface area contributed by atoms with Crippen molar-refractivity contribution in [3.8, 4) is 11.5 Å². The van der Waals surface area contributed by atoms with E-state index < -0.39 is 5.79 Å². The molecule has 1 aromatic carbocycles. The Kier molecular flexibility index (Phi) is 6.19. The van der Waals surface area contributed by atoms with Crippen LogP contribution >= 0.6 is 22.6 Å². The summed E-state index contributed by atoms with van der Waals surface area (Å²) in [6, 6.07) is 3.39. The maximum atomic E-state index is 11.8. The van der Waals surface area contributed by atoms with Crippen LogP contribution in [0.1, 0.15) is 25.8 Å². The predicted molar refractivity (Wildman–Crippen MR) is 92.7 cm³/mol. The third kappa shape index (κ3) is 5.05. The number of nitrogens with zero attached hydrogens (tertiary/aromatic N) is 1. The highest BCUT2D eigenvalue weighted by Gasteiger charge is 2.33. The molecule has 1 heterocycles. The number of hydrogen-bond donors (Lipinski definition) is 2. The number of benzene rings is 1. The maximum Gasteiger partial charge on any atom is 0.245 e. The van der Waals surface area contributed by atoms with E-state index in [9.17, 15) is 9.90 Å². The molecule has 2 N–H and O–H groups in total. The van der Waals surface area contributed by atoms with Crippen LogP contribution in [0.4, 0.5) is 0 Å². The Morgan fingerprint density at radius 3 is 2.87 bits per heavy atom. The molecule has 1 aliphatic heterocycles. The van der Waals surface area contributed by atoms with E-state index >= 15 is 0 Å². The van der Waals surface area contributed by atoms with Crippen LogP contribution < -0.4 is 10.2 Å². The Labute approximate surface area is 148 Å². The standard InChI is InChI=1S/C15H19IN2O5/c1-3-21-12-7-10(6-11(16)14(12)20)9-17-18-13(19)8-15(2)22-4-5-23-15/h6-7,9,20H,3-5,8H2,1-2H3,(H,18,19)/b17-9-. The first-order valence-corrected chi connectivity index (χ1v) is 8.26. The van der Waals surface area contributed by atoms with E-state index in [4.69, 9.17) is 14.2 Å². The number of rotatable bonds is 6. The van der Waals surface area contributed by atoms with Crippen molar-refractivity contribution in [2.75, 3.05) is 19.8 Å². The number of carbonyl (C=O) groups excluding carboxylic acids is 1. The molecule has 23 heavy (non-hydrogen) atoms. The first-order chi connectivity index (χ1) is 10.9. The highest BCUT2D eigenvalue weighted by atomic mass is 127. The lowest BCUT2D eigenvalue weighted by molar-refractivity contribution is -0.159. The number of ether oxygens (including phenoxy) is 3. The van der Waals surface area contributed by atoms with Crippen LogP contribution in [0.25, 0.3) is 0 Å². The summed E-state index contributed by atoms with van der Waals surface area (Å²) in [6.07, 6.45) is 1.56. The summed E-state index contributed by atoms with van der Waals surface area (Å²) < 4.78 is 16.7. The molecule has 0 atom stereocenters. The fourth-order valence-corrected chi connectivity index (χ4v) is 2.73. The van der Waals surface area contributed by atoms with Crippen LogP contribution in [-0.2, 0) is 14.3 Å². The molecule has 7 nitrogen and oxygen atoms in total. The quantitative estimate of drug-likeness (QED) is 0.406. The fraction of sp³-hybridized carbons (Fsp3) is 0.467. The van der Waals surface area contributed by atoms with Gasteiger partial charge in [0.05, 0.1) is 36.0 Å². The monoisotopic (exact) mass is 434 g/mol. The second kappa shape index (κ2) is 7.93. The van der Waals surface area contributed by atoms with Crippen molar-refractivity contribution in [2.24, 2.45) is 5.10 Å². The van der Waals surface area contributed by atoms with Gasteiger partial charge in [-0.1, -0.05) is 0 Å². The van der Waals surface area contributed by atoms with Crippen LogP contribution in [0, 0.1) is 3.57 Å². The van der Waals surface area contributed by atoms with Crippen molar-refractivity contribution in [1.82, 2.24) is 5.43 Å². The van der Waals surface area contributed by atoms with E-state index in [1.165, 1.54) is 6.21 Å². The lowest BCUT2D eigenvalue weighted by atomic mass is 10.2. The zero-order valence-corrected chi connectivity index (χ0v) is 15.1. The van der Waals surface area contributed by atoms with Crippen LogP contribution in [-0.4, -0.2) is 42.8 Å². The molecule has 0 aliphatic carbocycles. The van der Waals surface area contributed by atoms with E-state index in [0.717, 1.165) is 0 Å². The van der Waals surface area contributed by atoms with Crippen molar-refractivity contribution in [2.45, 2.75) is 26.1 Å². The van der Waals surface area contributed by atoms with E-state index in [1.807, 2.05) is 29.5 Å². The van der Waals surface area contributed by atoms with E-state index in [0.29, 0.717) is 34.7 Å². The molecule has 0 aromatic heterocycles. The minimum absolute atomic E-state index is 0.0711. The summed E-state index contributed by atoms with van der Waals surface area (Å²) in [4.78, 5) is 11.8. The molecule has 0 spiro atoms. The van der Waals surface area contributed by atoms with Crippen LogP contribution in [0.15, 0.2) is 17.2 Å². The fourth-order valence-electron chi connectivity index (χ4n) is 2.10. The lowest BCUT2D eigenvalue weighted by Gasteiger charge is -2.20. The number of nitrogens with one attached hydrogen (secondary N) is 1. The molecule has 0 radical (unpaired) electrons. The molecule has 0 saturated carbocycles. The first-order valence-electron chi connectivity index (χ1n) is 7.18. The third-order valence-electron chi connectivity index (χ3n) is 3.13. The number of hydrogen-bond acceptors (Lipinski definition) is 6. The van der Waals surface area contributed by atoms with E-state index in [2.05, 4.69) is 10.5 Å². The van der Waals surface area contributed by atoms with Gasteiger partial charge in [0.1, 0.15) is 0 Å². The van der Waals surface area contributed by atoms with Crippen molar-refractivity contribution < 1.29 is 24.1 Å². The minimum atomic E-state index is -0.879. The number of halogens is 1. The van der Waals surface area contributed by atoms with Gasteiger partial charge in [-0.2, -0.15) is 5.10 Å². The molecule has 8 heteroatoms. The Bertz CT molecular complexity index is 600. The van der Waals surface area contributed by atoms with Crippen molar-refractivity contribution in [1.29, 1.82) is 0 Å². The number of aromatic hydroxyl groups is 1. The molecule has 1 aromatic rings. The number of carbonyl (C=O) groups is 1. The summed E-state index contributed by atoms with van der Waals surface area (Å²) in [5.41, 5.74) is 3.14. The molecule has 1 aliphatic rings. The Morgan fingerprint density at radius 1 is 1.52 bits per heavy atom. The van der Waals surface area contributed by atoms with Crippen molar-refractivity contribution in [3.05, 3.63) is 21.3 Å². The van der Waals surface area contributed by atoms with Gasteiger partial charge in [0.25, 0.3) is 0 Å². The van der Waals surface area contributed by atoms with Gasteiger partial charge in [-0.3, -0.25) is 4.79 Å². The van der Waals surface area contributed by atoms with Crippen molar-refractivity contribution >= 4 is 34.7 Å². The molecular weight excluding hydrogens is 415 g/mol. The average Bonchev–Trinajstić information content (AvgIpc) is 2.90. The van der Waals surface area contributed by atoms with Gasteiger partial charge in [-0.25, -0.2) is 5.43 Å². The van der Waals surface area contributed by atoms with Gasteiger partial charge < -0.3 is 19.3 Å². The summed E-state index contributed by atoms with van der Waals surface area (Å²) in [7, 11) is 0. The molecule has 1 fully saturated rings. The number of phenolic OH excluding ortho intramolecular Hbond substituents is 1. The van der Waals surface area contributed by atoms with Gasteiger partial charge in [-0.15, -0.1) is 0 Å². The molecule has 126 valence electrons. The van der Waals surface area contributed by atoms with Gasteiger partial charge in [-0.05, 0) is 54.1 Å². The summed E-state index contributed by atoms with van der Waals surface area (Å²) in [5.74, 6) is -0.705. The summed E-state index contributed by atoms with van der Waals surface area (Å²) in [5, 5.41) is 13.8. The highest BCUT2D eigenvalue weighted by molar-refractivity contribution is 14.1. The molecular formula is C15H19IN2O5. The van der Waals surface area contributed by atoms with Gasteiger partial charge in [0.2, 0.25) is 5.91 Å².